The Morgan fingerprint density at radius 1 is 1.41 bits per heavy atom. The average Bonchev–Trinajstić information content (AvgIpc) is 2.33. The fourth-order valence-corrected chi connectivity index (χ4v) is 5.18. The summed E-state index contributed by atoms with van der Waals surface area (Å²) in [6, 6.07) is 0.596. The first kappa shape index (κ1) is 15.3. The highest BCUT2D eigenvalue weighted by molar-refractivity contribution is 8.07. The zero-order valence-electron chi connectivity index (χ0n) is 11.2. The van der Waals surface area contributed by atoms with E-state index in [1.807, 2.05) is 0 Å². The van der Waals surface area contributed by atoms with Crippen LogP contribution < -0.4 is 5.32 Å². The normalized spacial score (nSPS) is 30.8. The van der Waals surface area contributed by atoms with Crippen LogP contribution in [-0.4, -0.2) is 34.1 Å². The molecule has 1 rings (SSSR count). The van der Waals surface area contributed by atoms with Gasteiger partial charge < -0.3 is 5.32 Å². The predicted octanol–water partition coefficient (Wildman–Crippen LogP) is 3.39. The minimum absolute atomic E-state index is 0.596. The fraction of sp³-hybridized carbons (Fsp3) is 0.857. The highest BCUT2D eigenvalue weighted by Gasteiger charge is 2.30. The van der Waals surface area contributed by atoms with E-state index in [2.05, 4.69) is 55.5 Å². The van der Waals surface area contributed by atoms with Crippen molar-refractivity contribution >= 4 is 23.5 Å². The number of nitrogens with one attached hydrogen (secondary N) is 1. The van der Waals surface area contributed by atoms with Crippen molar-refractivity contribution < 1.29 is 0 Å². The molecule has 0 spiro atoms. The van der Waals surface area contributed by atoms with Crippen molar-refractivity contribution in [3.8, 4) is 12.3 Å². The van der Waals surface area contributed by atoms with Crippen LogP contribution >= 0.6 is 23.5 Å². The SMILES string of the molecule is C#CCCC(NCCC)C1CSC(C)C(C)S1. The maximum Gasteiger partial charge on any atom is 0.0295 e. The number of hydrogen-bond donors (Lipinski definition) is 1. The molecule has 1 heterocycles. The fourth-order valence-electron chi connectivity index (χ4n) is 2.01. The van der Waals surface area contributed by atoms with Crippen LogP contribution in [0.4, 0.5) is 0 Å². The monoisotopic (exact) mass is 271 g/mol. The molecule has 0 aliphatic carbocycles. The van der Waals surface area contributed by atoms with Crippen molar-refractivity contribution in [2.45, 2.75) is 61.8 Å². The Bertz CT molecular complexity index is 249. The summed E-state index contributed by atoms with van der Waals surface area (Å²) in [5.41, 5.74) is 0. The summed E-state index contributed by atoms with van der Waals surface area (Å²) in [5, 5.41) is 5.95. The third-order valence-electron chi connectivity index (χ3n) is 3.28. The lowest BCUT2D eigenvalue weighted by atomic mass is 10.1. The first-order valence-corrected chi connectivity index (χ1v) is 8.62. The van der Waals surface area contributed by atoms with Gasteiger partial charge in [0.05, 0.1) is 0 Å². The molecule has 1 nitrogen and oxygen atoms in total. The molecule has 0 radical (unpaired) electrons. The lowest BCUT2D eigenvalue weighted by Gasteiger charge is -2.36. The van der Waals surface area contributed by atoms with Crippen LogP contribution in [0.1, 0.15) is 40.0 Å². The van der Waals surface area contributed by atoms with Crippen LogP contribution in [0.25, 0.3) is 0 Å². The van der Waals surface area contributed by atoms with Gasteiger partial charge in [-0.2, -0.15) is 23.5 Å². The molecule has 0 aromatic carbocycles. The molecule has 1 saturated heterocycles. The van der Waals surface area contributed by atoms with E-state index in [1.165, 1.54) is 12.2 Å². The summed E-state index contributed by atoms with van der Waals surface area (Å²) in [6.45, 7) is 8.03. The number of thioether (sulfide) groups is 2. The van der Waals surface area contributed by atoms with E-state index in [1.54, 1.807) is 0 Å². The molecule has 1 aliphatic heterocycles. The molecule has 4 atom stereocenters. The lowest BCUT2D eigenvalue weighted by molar-refractivity contribution is 0.482. The molecule has 1 N–H and O–H groups in total. The van der Waals surface area contributed by atoms with Crippen LogP contribution in [0.3, 0.4) is 0 Å². The van der Waals surface area contributed by atoms with Gasteiger partial charge in [0.2, 0.25) is 0 Å². The van der Waals surface area contributed by atoms with E-state index in [9.17, 15) is 0 Å². The van der Waals surface area contributed by atoms with Gasteiger partial charge in [0.25, 0.3) is 0 Å². The van der Waals surface area contributed by atoms with E-state index in [-0.39, 0.29) is 0 Å². The molecular weight excluding hydrogens is 246 g/mol. The van der Waals surface area contributed by atoms with Crippen molar-refractivity contribution in [1.29, 1.82) is 0 Å². The minimum Gasteiger partial charge on any atom is -0.313 e. The summed E-state index contributed by atoms with van der Waals surface area (Å²) >= 11 is 4.27. The lowest BCUT2D eigenvalue weighted by Crippen LogP contribution is -2.43. The first-order chi connectivity index (χ1) is 8.19. The highest BCUT2D eigenvalue weighted by Crippen LogP contribution is 2.37. The van der Waals surface area contributed by atoms with E-state index in [0.717, 1.165) is 35.1 Å². The van der Waals surface area contributed by atoms with Gasteiger partial charge in [-0.25, -0.2) is 0 Å². The quantitative estimate of drug-likeness (QED) is 0.744. The second kappa shape index (κ2) is 8.34. The maximum atomic E-state index is 5.39. The molecular formula is C14H25NS2. The van der Waals surface area contributed by atoms with Crippen LogP contribution in [-0.2, 0) is 0 Å². The molecule has 1 fully saturated rings. The third-order valence-corrected chi connectivity index (χ3v) is 6.83. The van der Waals surface area contributed by atoms with Crippen molar-refractivity contribution in [2.75, 3.05) is 12.3 Å². The largest absolute Gasteiger partial charge is 0.313 e. The maximum absolute atomic E-state index is 5.39. The van der Waals surface area contributed by atoms with Crippen molar-refractivity contribution in [3.63, 3.8) is 0 Å². The Balaban J connectivity index is 2.47. The van der Waals surface area contributed by atoms with E-state index >= 15 is 0 Å². The Morgan fingerprint density at radius 3 is 2.76 bits per heavy atom. The van der Waals surface area contributed by atoms with Crippen molar-refractivity contribution in [2.24, 2.45) is 0 Å². The first-order valence-electron chi connectivity index (χ1n) is 6.63. The molecule has 0 aromatic heterocycles. The summed E-state index contributed by atoms with van der Waals surface area (Å²) < 4.78 is 0. The molecule has 0 aromatic rings. The molecule has 4 unspecified atom stereocenters. The summed E-state index contributed by atoms with van der Waals surface area (Å²) in [6.07, 6.45) is 8.61. The van der Waals surface area contributed by atoms with Gasteiger partial charge in [0.1, 0.15) is 0 Å². The predicted molar refractivity (Wildman–Crippen MR) is 82.9 cm³/mol. The number of hydrogen-bond acceptors (Lipinski definition) is 3. The van der Waals surface area contributed by atoms with Crippen LogP contribution in [0.5, 0.6) is 0 Å². The average molecular weight is 271 g/mol. The molecule has 0 amide bonds. The molecule has 98 valence electrons. The topological polar surface area (TPSA) is 12.0 Å². The summed E-state index contributed by atoms with van der Waals surface area (Å²) in [5.74, 6) is 4.04. The van der Waals surface area contributed by atoms with Crippen LogP contribution in [0.2, 0.25) is 0 Å². The summed E-state index contributed by atoms with van der Waals surface area (Å²) in [7, 11) is 0. The van der Waals surface area contributed by atoms with Gasteiger partial charge in [-0.05, 0) is 19.4 Å². The zero-order chi connectivity index (χ0) is 12.7. The van der Waals surface area contributed by atoms with Crippen LogP contribution in [0.15, 0.2) is 0 Å². The Morgan fingerprint density at radius 2 is 2.18 bits per heavy atom. The third kappa shape index (κ3) is 5.16. The smallest absolute Gasteiger partial charge is 0.0295 e. The van der Waals surface area contributed by atoms with Gasteiger partial charge in [-0.1, -0.05) is 20.8 Å². The van der Waals surface area contributed by atoms with Crippen molar-refractivity contribution in [1.82, 2.24) is 5.32 Å². The Hall–Kier alpha value is 0.220. The number of terminal acetylenes is 1. The van der Waals surface area contributed by atoms with E-state index in [4.69, 9.17) is 6.42 Å². The standard InChI is InChI=1S/C14H25NS2/c1-5-7-8-13(15-9-6-2)14-10-16-11(3)12(4)17-14/h1,11-15H,6-10H2,2-4H3. The van der Waals surface area contributed by atoms with Gasteiger partial charge >= 0.3 is 0 Å². The molecule has 0 bridgehead atoms. The Kier molecular flexibility index (Phi) is 7.50. The van der Waals surface area contributed by atoms with Crippen LogP contribution in [0, 0.1) is 12.3 Å². The summed E-state index contributed by atoms with van der Waals surface area (Å²) in [4.78, 5) is 0. The second-order valence-corrected chi connectivity index (χ2v) is 7.75. The van der Waals surface area contributed by atoms with Gasteiger partial charge in [0, 0.05) is 34.0 Å². The molecule has 3 heteroatoms. The molecule has 17 heavy (non-hydrogen) atoms. The highest BCUT2D eigenvalue weighted by atomic mass is 32.2. The second-order valence-electron chi connectivity index (χ2n) is 4.72. The zero-order valence-corrected chi connectivity index (χ0v) is 12.9. The molecule has 0 saturated carbocycles. The van der Waals surface area contributed by atoms with E-state index < -0.39 is 0 Å². The van der Waals surface area contributed by atoms with E-state index in [0.29, 0.717) is 6.04 Å². The Labute approximate surface area is 115 Å². The molecule has 1 aliphatic rings. The van der Waals surface area contributed by atoms with Gasteiger partial charge in [0.15, 0.2) is 0 Å². The van der Waals surface area contributed by atoms with Crippen molar-refractivity contribution in [3.05, 3.63) is 0 Å². The number of rotatable bonds is 6. The van der Waals surface area contributed by atoms with Gasteiger partial charge in [-0.15, -0.1) is 12.3 Å². The van der Waals surface area contributed by atoms with Gasteiger partial charge in [-0.3, -0.25) is 0 Å². The minimum atomic E-state index is 0.596.